The number of carbonyl (C=O) groups excluding carboxylic acids is 1. The summed E-state index contributed by atoms with van der Waals surface area (Å²) in [7, 11) is 1.72. The zero-order valence-electron chi connectivity index (χ0n) is 15.5. The van der Waals surface area contributed by atoms with Gasteiger partial charge in [-0.25, -0.2) is 0 Å². The van der Waals surface area contributed by atoms with Crippen molar-refractivity contribution in [2.24, 2.45) is 0 Å². The highest BCUT2D eigenvalue weighted by atomic mass is 16.5. The van der Waals surface area contributed by atoms with Crippen LogP contribution in [0.2, 0.25) is 0 Å². The van der Waals surface area contributed by atoms with Crippen molar-refractivity contribution in [2.75, 3.05) is 12.4 Å². The number of carbonyl (C=O) groups is 1. The molecule has 1 atom stereocenters. The molecular formula is C21H27NO2. The number of ether oxygens (including phenoxy) is 1. The quantitative estimate of drug-likeness (QED) is 0.748. The molecule has 0 saturated carbocycles. The molecule has 0 aliphatic heterocycles. The van der Waals surface area contributed by atoms with Gasteiger partial charge in [0.2, 0.25) is 0 Å². The molecule has 0 heterocycles. The minimum Gasteiger partial charge on any atom is -0.381 e. The fourth-order valence-electron chi connectivity index (χ4n) is 3.27. The van der Waals surface area contributed by atoms with Gasteiger partial charge >= 0.3 is 0 Å². The van der Waals surface area contributed by atoms with E-state index in [2.05, 4.69) is 36.5 Å². The number of methoxy groups -OCH3 is 1. The van der Waals surface area contributed by atoms with Crippen molar-refractivity contribution in [3.63, 3.8) is 0 Å². The average molecular weight is 325 g/mol. The van der Waals surface area contributed by atoms with E-state index in [4.69, 9.17) is 4.74 Å². The molecule has 2 aromatic carbocycles. The molecule has 24 heavy (non-hydrogen) atoms. The summed E-state index contributed by atoms with van der Waals surface area (Å²) in [4.78, 5) is 11.9. The second kappa shape index (κ2) is 7.63. The molecule has 0 spiro atoms. The van der Waals surface area contributed by atoms with Crippen LogP contribution in [0.3, 0.4) is 0 Å². The molecule has 0 radical (unpaired) electrons. The summed E-state index contributed by atoms with van der Waals surface area (Å²) < 4.78 is 5.38. The van der Waals surface area contributed by atoms with Gasteiger partial charge in [-0.05, 0) is 74.6 Å². The Morgan fingerprint density at radius 2 is 1.88 bits per heavy atom. The monoisotopic (exact) mass is 325 g/mol. The lowest BCUT2D eigenvalue weighted by molar-refractivity contribution is 0.101. The molecule has 2 rings (SSSR count). The van der Waals surface area contributed by atoms with Gasteiger partial charge < -0.3 is 10.1 Å². The number of rotatable bonds is 6. The van der Waals surface area contributed by atoms with Crippen LogP contribution in [0.4, 0.5) is 5.69 Å². The highest BCUT2D eigenvalue weighted by molar-refractivity contribution is 5.97. The van der Waals surface area contributed by atoms with Crippen LogP contribution in [0.25, 0.3) is 0 Å². The third kappa shape index (κ3) is 3.85. The van der Waals surface area contributed by atoms with Gasteiger partial charge in [0.1, 0.15) is 0 Å². The molecule has 3 nitrogen and oxygen atoms in total. The number of hydrogen-bond acceptors (Lipinski definition) is 3. The molecule has 0 aromatic heterocycles. The van der Waals surface area contributed by atoms with Gasteiger partial charge in [0, 0.05) is 24.9 Å². The molecule has 1 N–H and O–H groups in total. The van der Waals surface area contributed by atoms with E-state index in [0.29, 0.717) is 6.54 Å². The molecule has 0 fully saturated rings. The first kappa shape index (κ1) is 18.2. The molecule has 1 unspecified atom stereocenters. The lowest BCUT2D eigenvalue weighted by atomic mass is 9.91. The average Bonchev–Trinajstić information content (AvgIpc) is 2.53. The van der Waals surface area contributed by atoms with Crippen LogP contribution >= 0.6 is 0 Å². The highest BCUT2D eigenvalue weighted by Gasteiger charge is 2.14. The smallest absolute Gasteiger partial charge is 0.160 e. The first-order chi connectivity index (χ1) is 11.3. The Kier molecular flexibility index (Phi) is 5.79. The van der Waals surface area contributed by atoms with Crippen molar-refractivity contribution in [3.05, 3.63) is 63.7 Å². The summed E-state index contributed by atoms with van der Waals surface area (Å²) >= 11 is 0. The fraction of sp³-hybridized carbons (Fsp3) is 0.381. The summed E-state index contributed by atoms with van der Waals surface area (Å²) in [5, 5.41) is 3.48. The molecule has 3 heteroatoms. The third-order valence-electron chi connectivity index (χ3n) is 4.66. The first-order valence-electron chi connectivity index (χ1n) is 8.32. The third-order valence-corrected chi connectivity index (χ3v) is 4.66. The lowest BCUT2D eigenvalue weighted by Crippen LogP contribution is -2.09. The Labute approximate surface area is 145 Å². The second-order valence-electron chi connectivity index (χ2n) is 6.40. The van der Waals surface area contributed by atoms with Gasteiger partial charge in [-0.1, -0.05) is 18.2 Å². The first-order valence-corrected chi connectivity index (χ1v) is 8.32. The van der Waals surface area contributed by atoms with E-state index in [0.717, 1.165) is 27.9 Å². The highest BCUT2D eigenvalue weighted by Crippen LogP contribution is 2.25. The number of Topliss-reactive ketones (excluding diaryl/α,β-unsaturated/α-hetero) is 1. The van der Waals surface area contributed by atoms with Gasteiger partial charge in [0.05, 0.1) is 6.10 Å². The number of aryl methyl sites for hydroxylation is 2. The van der Waals surface area contributed by atoms with Crippen molar-refractivity contribution in [2.45, 2.75) is 47.3 Å². The summed E-state index contributed by atoms with van der Waals surface area (Å²) in [5.74, 6) is 0.127. The summed E-state index contributed by atoms with van der Waals surface area (Å²) in [6.45, 7) is 10.5. The van der Waals surface area contributed by atoms with Crippen LogP contribution in [-0.2, 0) is 11.3 Å². The Morgan fingerprint density at radius 3 is 2.50 bits per heavy atom. The van der Waals surface area contributed by atoms with Crippen LogP contribution < -0.4 is 5.32 Å². The topological polar surface area (TPSA) is 38.3 Å². The molecule has 0 saturated heterocycles. The lowest BCUT2D eigenvalue weighted by Gasteiger charge is -2.18. The van der Waals surface area contributed by atoms with E-state index < -0.39 is 0 Å². The molecular weight excluding hydrogens is 298 g/mol. The van der Waals surface area contributed by atoms with Crippen molar-refractivity contribution in [1.29, 1.82) is 0 Å². The van der Waals surface area contributed by atoms with Crippen LogP contribution in [0.1, 0.15) is 58.1 Å². The number of anilines is 1. The molecule has 0 bridgehead atoms. The molecule has 128 valence electrons. The van der Waals surface area contributed by atoms with Crippen molar-refractivity contribution in [1.82, 2.24) is 0 Å². The van der Waals surface area contributed by atoms with E-state index in [1.54, 1.807) is 14.0 Å². The van der Waals surface area contributed by atoms with Gasteiger partial charge in [-0.15, -0.1) is 0 Å². The molecule has 0 amide bonds. The standard InChI is InChI=1S/C21H27NO2/c1-13-10-14(2)21(16(4)23)15(3)20(13)12-22-19-9-7-8-18(11-19)17(5)24-6/h7-11,17,22H,12H2,1-6H3. The van der Waals surface area contributed by atoms with Crippen LogP contribution in [0, 0.1) is 20.8 Å². The molecule has 2 aromatic rings. The Hall–Kier alpha value is -2.13. The zero-order chi connectivity index (χ0) is 17.9. The predicted octanol–water partition coefficient (Wildman–Crippen LogP) is 5.13. The number of ketones is 1. The van der Waals surface area contributed by atoms with Gasteiger partial charge in [-0.3, -0.25) is 4.79 Å². The Bertz CT molecular complexity index is 750. The fourth-order valence-corrected chi connectivity index (χ4v) is 3.27. The number of hydrogen-bond donors (Lipinski definition) is 1. The Balaban J connectivity index is 2.27. The maximum Gasteiger partial charge on any atom is 0.160 e. The van der Waals surface area contributed by atoms with Gasteiger partial charge in [-0.2, -0.15) is 0 Å². The molecule has 0 aliphatic rings. The van der Waals surface area contributed by atoms with Gasteiger partial charge in [0.15, 0.2) is 5.78 Å². The van der Waals surface area contributed by atoms with E-state index in [1.807, 2.05) is 26.8 Å². The Morgan fingerprint density at radius 1 is 1.17 bits per heavy atom. The maximum absolute atomic E-state index is 11.9. The minimum atomic E-state index is 0.0684. The zero-order valence-corrected chi connectivity index (χ0v) is 15.5. The largest absolute Gasteiger partial charge is 0.381 e. The van der Waals surface area contributed by atoms with Crippen molar-refractivity contribution < 1.29 is 9.53 Å². The van der Waals surface area contributed by atoms with Crippen LogP contribution in [0.15, 0.2) is 30.3 Å². The van der Waals surface area contributed by atoms with Gasteiger partial charge in [0.25, 0.3) is 0 Å². The van der Waals surface area contributed by atoms with Crippen molar-refractivity contribution >= 4 is 11.5 Å². The van der Waals surface area contributed by atoms with E-state index in [1.165, 1.54) is 11.1 Å². The van der Waals surface area contributed by atoms with Crippen LogP contribution in [-0.4, -0.2) is 12.9 Å². The number of benzene rings is 2. The van der Waals surface area contributed by atoms with Crippen LogP contribution in [0.5, 0.6) is 0 Å². The predicted molar refractivity (Wildman–Crippen MR) is 99.9 cm³/mol. The van der Waals surface area contributed by atoms with E-state index >= 15 is 0 Å². The summed E-state index contributed by atoms with van der Waals surface area (Å²) in [6.07, 6.45) is 0.0684. The van der Waals surface area contributed by atoms with E-state index in [-0.39, 0.29) is 11.9 Å². The minimum absolute atomic E-state index is 0.0684. The molecule has 0 aliphatic carbocycles. The SMILES string of the molecule is COC(C)c1cccc(NCc2c(C)cc(C)c(C(C)=O)c2C)c1. The summed E-state index contributed by atoms with van der Waals surface area (Å²) in [6, 6.07) is 10.4. The van der Waals surface area contributed by atoms with E-state index in [9.17, 15) is 4.79 Å². The summed E-state index contributed by atoms with van der Waals surface area (Å²) in [5.41, 5.74) is 7.58. The van der Waals surface area contributed by atoms with Crippen molar-refractivity contribution in [3.8, 4) is 0 Å². The number of nitrogens with one attached hydrogen (secondary N) is 1. The normalized spacial score (nSPS) is 12.1. The second-order valence-corrected chi connectivity index (χ2v) is 6.40. The maximum atomic E-state index is 11.9.